The highest BCUT2D eigenvalue weighted by molar-refractivity contribution is 8.05. The van der Waals surface area contributed by atoms with Gasteiger partial charge < -0.3 is 4.98 Å². The van der Waals surface area contributed by atoms with E-state index >= 15 is 0 Å². The molecule has 0 saturated heterocycles. The van der Waals surface area contributed by atoms with Gasteiger partial charge in [0.05, 0.1) is 19.8 Å². The highest BCUT2D eigenvalue weighted by atomic mass is 32.2. The van der Waals surface area contributed by atoms with Gasteiger partial charge in [-0.2, -0.15) is 52.7 Å². The van der Waals surface area contributed by atoms with Gasteiger partial charge in [0.15, 0.2) is 0 Å². The molecule has 2 rings (SSSR count). The molecule has 0 fully saturated rings. The average Bonchev–Trinajstić information content (AvgIpc) is 2.80. The number of alkyl halides is 12. The van der Waals surface area contributed by atoms with Crippen LogP contribution in [0.4, 0.5) is 52.7 Å². The molecule has 0 unspecified atom stereocenters. The Bertz CT molecular complexity index is 734. The first-order chi connectivity index (χ1) is 13.9. The second-order valence-corrected chi connectivity index (χ2v) is 8.96. The normalized spacial score (nSPS) is 13.0. The molecule has 2 aromatic rings. The van der Waals surface area contributed by atoms with Gasteiger partial charge in [-0.05, 0) is 35.7 Å². The van der Waals surface area contributed by atoms with E-state index in [1.54, 1.807) is 12.4 Å². The number of aromatic nitrogens is 2. The third-order valence-corrected chi connectivity index (χ3v) is 5.84. The Labute approximate surface area is 182 Å². The van der Waals surface area contributed by atoms with Gasteiger partial charge in [-0.25, -0.2) is 0 Å². The second kappa shape index (κ2) is 10.7. The number of thioether (sulfide) groups is 4. The van der Waals surface area contributed by atoms with Gasteiger partial charge in [-0.1, -0.05) is 6.07 Å². The number of pyridine rings is 1. The average molecular weight is 546 g/mol. The number of nitrogens with one attached hydrogen (secondary N) is 1. The van der Waals surface area contributed by atoms with Gasteiger partial charge in [-0.3, -0.25) is 4.98 Å². The first kappa shape index (κ1) is 28.0. The second-order valence-electron chi connectivity index (χ2n) is 4.66. The van der Waals surface area contributed by atoms with E-state index in [-0.39, 0.29) is 0 Å². The predicted molar refractivity (Wildman–Crippen MR) is 92.7 cm³/mol. The Morgan fingerprint density at radius 1 is 0.516 bits per heavy atom. The summed E-state index contributed by atoms with van der Waals surface area (Å²) in [6, 6.07) is 5.72. The zero-order valence-electron chi connectivity index (χ0n) is 14.0. The van der Waals surface area contributed by atoms with Gasteiger partial charge in [0.1, 0.15) is 0 Å². The molecule has 0 aliphatic heterocycles. The molecule has 0 aromatic carbocycles. The molecule has 2 aromatic heterocycles. The highest BCUT2D eigenvalue weighted by Crippen LogP contribution is 2.56. The Morgan fingerprint density at radius 3 is 1.03 bits per heavy atom. The van der Waals surface area contributed by atoms with Crippen molar-refractivity contribution in [2.45, 2.75) is 41.9 Å². The minimum atomic E-state index is -5.33. The van der Waals surface area contributed by atoms with Crippen molar-refractivity contribution in [3.05, 3.63) is 30.6 Å². The van der Waals surface area contributed by atoms with Crippen molar-refractivity contribution in [3.63, 3.8) is 0 Å². The number of halogens is 12. The molecule has 2 nitrogen and oxygen atoms in total. The van der Waals surface area contributed by atoms with Crippen molar-refractivity contribution in [2.24, 2.45) is 0 Å². The van der Waals surface area contributed by atoms with E-state index in [0.717, 1.165) is 0 Å². The first-order valence-electron chi connectivity index (χ1n) is 7.00. The van der Waals surface area contributed by atoms with Gasteiger partial charge in [0.2, 0.25) is 0 Å². The summed E-state index contributed by atoms with van der Waals surface area (Å²) in [6.45, 7) is 0. The van der Waals surface area contributed by atoms with E-state index in [1.807, 2.05) is 18.2 Å². The molecule has 2 heterocycles. The van der Waals surface area contributed by atoms with Crippen molar-refractivity contribution in [2.75, 3.05) is 0 Å². The summed E-state index contributed by atoms with van der Waals surface area (Å²) in [6.07, 6.45) is 3.50. The fourth-order valence-electron chi connectivity index (χ4n) is 1.53. The molecular formula is C13H6F12N2S4. The van der Waals surface area contributed by atoms with Crippen molar-refractivity contribution in [1.29, 1.82) is 0 Å². The zero-order chi connectivity index (χ0) is 24.1. The number of nitrogens with zero attached hydrogens (tertiary/aromatic N) is 1. The lowest BCUT2D eigenvalue weighted by Crippen LogP contribution is -2.04. The van der Waals surface area contributed by atoms with E-state index in [4.69, 9.17) is 0 Å². The van der Waals surface area contributed by atoms with Gasteiger partial charge in [0, 0.05) is 35.9 Å². The van der Waals surface area contributed by atoms with Crippen LogP contribution in [0.5, 0.6) is 0 Å². The summed E-state index contributed by atoms with van der Waals surface area (Å²) >= 11 is -5.31. The quantitative estimate of drug-likeness (QED) is 0.307. The Kier molecular flexibility index (Phi) is 9.71. The molecule has 1 N–H and O–H groups in total. The van der Waals surface area contributed by atoms with Gasteiger partial charge in [-0.15, -0.1) is 0 Å². The maximum atomic E-state index is 12.5. The van der Waals surface area contributed by atoms with E-state index in [1.165, 1.54) is 4.98 Å². The monoisotopic (exact) mass is 546 g/mol. The molecule has 176 valence electrons. The Hall–Kier alpha value is -1.01. The summed E-state index contributed by atoms with van der Waals surface area (Å²) in [5.74, 6) is 0. The zero-order valence-corrected chi connectivity index (χ0v) is 17.3. The molecule has 0 aliphatic carbocycles. The third kappa shape index (κ3) is 12.6. The van der Waals surface area contributed by atoms with Crippen LogP contribution in [-0.4, -0.2) is 32.0 Å². The molecule has 0 spiro atoms. The lowest BCUT2D eigenvalue weighted by atomic mass is 10.5. The lowest BCUT2D eigenvalue weighted by molar-refractivity contribution is -0.0354. The van der Waals surface area contributed by atoms with Crippen molar-refractivity contribution < 1.29 is 52.7 Å². The van der Waals surface area contributed by atoms with Crippen LogP contribution in [0.3, 0.4) is 0 Å². The summed E-state index contributed by atoms with van der Waals surface area (Å²) in [7, 11) is 0. The third-order valence-electron chi connectivity index (χ3n) is 2.28. The molecule has 0 aliphatic rings. The summed E-state index contributed by atoms with van der Waals surface area (Å²) < 4.78 is 149. The fraction of sp³-hybridized carbons (Fsp3) is 0.308. The smallest absolute Gasteiger partial charge is 0.343 e. The van der Waals surface area contributed by atoms with Crippen LogP contribution in [0.2, 0.25) is 0 Å². The standard InChI is InChI=1S/C8HF12NS4.C5H5N/c9-5(10,11)22-1-2(23-6(12,13)14)4(25-8(18,19)20)21-3(1)24-7(15,16)17;1-2-4-6-5-3-1/h21H;1-5H. The van der Waals surface area contributed by atoms with E-state index in [9.17, 15) is 52.7 Å². The summed E-state index contributed by atoms with van der Waals surface area (Å²) in [5, 5.41) is -3.04. The topological polar surface area (TPSA) is 28.7 Å². The number of rotatable bonds is 4. The van der Waals surface area contributed by atoms with Crippen LogP contribution in [0, 0.1) is 0 Å². The number of aromatic amines is 1. The van der Waals surface area contributed by atoms with Crippen LogP contribution in [0.25, 0.3) is 0 Å². The van der Waals surface area contributed by atoms with Gasteiger partial charge >= 0.3 is 22.0 Å². The van der Waals surface area contributed by atoms with Crippen molar-refractivity contribution >= 4 is 47.0 Å². The maximum Gasteiger partial charge on any atom is 0.447 e. The van der Waals surface area contributed by atoms with E-state index < -0.39 is 88.9 Å². The summed E-state index contributed by atoms with van der Waals surface area (Å²) in [5.41, 5.74) is -21.1. The molecule has 0 saturated carbocycles. The molecule has 18 heteroatoms. The number of hydrogen-bond acceptors (Lipinski definition) is 5. The van der Waals surface area contributed by atoms with Crippen LogP contribution in [-0.2, 0) is 0 Å². The Balaban J connectivity index is 0.000000683. The predicted octanol–water partition coefficient (Wildman–Crippen LogP) is 8.54. The highest BCUT2D eigenvalue weighted by Gasteiger charge is 2.43. The van der Waals surface area contributed by atoms with Crippen LogP contribution in [0.1, 0.15) is 0 Å². The van der Waals surface area contributed by atoms with Crippen LogP contribution < -0.4 is 0 Å². The molecule has 31 heavy (non-hydrogen) atoms. The van der Waals surface area contributed by atoms with E-state index in [0.29, 0.717) is 0 Å². The maximum absolute atomic E-state index is 12.5. The minimum Gasteiger partial charge on any atom is -0.343 e. The van der Waals surface area contributed by atoms with Gasteiger partial charge in [0.25, 0.3) is 0 Å². The van der Waals surface area contributed by atoms with Crippen molar-refractivity contribution in [3.8, 4) is 0 Å². The molecule has 0 atom stereocenters. The number of H-pyrrole nitrogens is 1. The molecule has 0 bridgehead atoms. The van der Waals surface area contributed by atoms with Crippen LogP contribution in [0.15, 0.2) is 50.4 Å². The molecular weight excluding hydrogens is 540 g/mol. The SMILES string of the molecule is FC(F)(F)Sc1[nH]c(SC(F)(F)F)c(SC(F)(F)F)c1SC(F)(F)F.c1ccncc1. The summed E-state index contributed by atoms with van der Waals surface area (Å²) in [4.78, 5) is 1.87. The molecule has 0 amide bonds. The minimum absolute atomic E-state index is 1.28. The van der Waals surface area contributed by atoms with Crippen LogP contribution >= 0.6 is 47.0 Å². The van der Waals surface area contributed by atoms with E-state index in [2.05, 4.69) is 4.98 Å². The lowest BCUT2D eigenvalue weighted by Gasteiger charge is -2.12. The largest absolute Gasteiger partial charge is 0.447 e. The first-order valence-corrected chi connectivity index (χ1v) is 10.3. The number of hydrogen-bond donors (Lipinski definition) is 1. The van der Waals surface area contributed by atoms with Crippen molar-refractivity contribution in [1.82, 2.24) is 9.97 Å². The Morgan fingerprint density at radius 2 is 0.839 bits per heavy atom. The molecule has 0 radical (unpaired) electrons. The fourth-order valence-corrected chi connectivity index (χ4v) is 4.77.